The Morgan fingerprint density at radius 1 is 1.33 bits per heavy atom. The van der Waals surface area contributed by atoms with Crippen LogP contribution in [0.25, 0.3) is 0 Å². The molecule has 0 aliphatic heterocycles. The van der Waals surface area contributed by atoms with Crippen LogP contribution in [0.15, 0.2) is 16.6 Å². The lowest BCUT2D eigenvalue weighted by atomic mass is 9.96. The van der Waals surface area contributed by atoms with E-state index in [1.165, 1.54) is 6.07 Å². The van der Waals surface area contributed by atoms with E-state index < -0.39 is 18.3 Å². The van der Waals surface area contributed by atoms with Crippen molar-refractivity contribution in [2.45, 2.75) is 39.0 Å². The number of hydrogen-bond donors (Lipinski definition) is 1. The second-order valence-corrected chi connectivity index (χ2v) is 5.22. The number of aliphatic carboxylic acids is 1. The van der Waals surface area contributed by atoms with E-state index in [2.05, 4.69) is 15.9 Å². The molecule has 18 heavy (non-hydrogen) atoms. The van der Waals surface area contributed by atoms with Gasteiger partial charge in [0.1, 0.15) is 0 Å². The molecule has 0 atom stereocenters. The first-order valence-corrected chi connectivity index (χ1v) is 6.40. The Kier molecular flexibility index (Phi) is 4.85. The summed E-state index contributed by atoms with van der Waals surface area (Å²) in [5.41, 5.74) is 1.23. The van der Waals surface area contributed by atoms with Gasteiger partial charge >= 0.3 is 5.97 Å². The summed E-state index contributed by atoms with van der Waals surface area (Å²) in [4.78, 5) is 10.3. The van der Waals surface area contributed by atoms with Gasteiger partial charge in [-0.15, -0.1) is 0 Å². The first kappa shape index (κ1) is 15.1. The lowest BCUT2D eigenvalue weighted by molar-refractivity contribution is -0.137. The molecule has 0 aromatic heterocycles. The van der Waals surface area contributed by atoms with E-state index >= 15 is 0 Å². The topological polar surface area (TPSA) is 37.3 Å². The molecule has 1 N–H and O–H groups in total. The van der Waals surface area contributed by atoms with Gasteiger partial charge in [0, 0.05) is 22.9 Å². The van der Waals surface area contributed by atoms with Gasteiger partial charge in [-0.2, -0.15) is 0 Å². The number of halogens is 3. The zero-order chi connectivity index (χ0) is 13.9. The zero-order valence-corrected chi connectivity index (χ0v) is 11.9. The SMILES string of the molecule is Cc1cc(C(F)(F)CCCC(=O)O)c(C)cc1Br. The van der Waals surface area contributed by atoms with Gasteiger partial charge in [0.05, 0.1) is 0 Å². The predicted molar refractivity (Wildman–Crippen MR) is 69.0 cm³/mol. The third-order valence-corrected chi connectivity index (χ3v) is 3.64. The molecule has 0 saturated carbocycles. The highest BCUT2D eigenvalue weighted by molar-refractivity contribution is 9.10. The fraction of sp³-hybridized carbons (Fsp3) is 0.462. The number of rotatable bonds is 5. The van der Waals surface area contributed by atoms with E-state index in [9.17, 15) is 13.6 Å². The van der Waals surface area contributed by atoms with Crippen molar-refractivity contribution in [2.75, 3.05) is 0 Å². The minimum absolute atomic E-state index is 0.0198. The van der Waals surface area contributed by atoms with Crippen LogP contribution in [-0.2, 0) is 10.7 Å². The summed E-state index contributed by atoms with van der Waals surface area (Å²) >= 11 is 3.30. The molecule has 1 aromatic rings. The summed E-state index contributed by atoms with van der Waals surface area (Å²) in [6.45, 7) is 3.38. The van der Waals surface area contributed by atoms with E-state index in [1.54, 1.807) is 19.9 Å². The Hall–Kier alpha value is -0.970. The van der Waals surface area contributed by atoms with E-state index in [1.807, 2.05) is 0 Å². The lowest BCUT2D eigenvalue weighted by Gasteiger charge is -2.19. The Balaban J connectivity index is 2.90. The van der Waals surface area contributed by atoms with Gasteiger partial charge in [-0.1, -0.05) is 15.9 Å². The van der Waals surface area contributed by atoms with Crippen LogP contribution in [0.4, 0.5) is 8.78 Å². The van der Waals surface area contributed by atoms with E-state index in [4.69, 9.17) is 5.11 Å². The van der Waals surface area contributed by atoms with Crippen molar-refractivity contribution >= 4 is 21.9 Å². The fourth-order valence-electron chi connectivity index (χ4n) is 1.77. The first-order valence-electron chi connectivity index (χ1n) is 5.61. The average molecular weight is 321 g/mol. The van der Waals surface area contributed by atoms with E-state index in [0.29, 0.717) is 5.56 Å². The first-order chi connectivity index (χ1) is 8.24. The van der Waals surface area contributed by atoms with Gasteiger partial charge in [0.2, 0.25) is 0 Å². The summed E-state index contributed by atoms with van der Waals surface area (Å²) in [7, 11) is 0. The van der Waals surface area contributed by atoms with Gasteiger partial charge < -0.3 is 5.11 Å². The van der Waals surface area contributed by atoms with Crippen LogP contribution in [-0.4, -0.2) is 11.1 Å². The fourth-order valence-corrected chi connectivity index (χ4v) is 2.23. The summed E-state index contributed by atoms with van der Waals surface area (Å²) < 4.78 is 28.7. The summed E-state index contributed by atoms with van der Waals surface area (Å²) in [6.07, 6.45) is -0.706. The number of carboxylic acids is 1. The zero-order valence-electron chi connectivity index (χ0n) is 10.3. The van der Waals surface area contributed by atoms with Gasteiger partial charge in [0.15, 0.2) is 0 Å². The molecular weight excluding hydrogens is 306 g/mol. The largest absolute Gasteiger partial charge is 0.481 e. The molecule has 0 heterocycles. The van der Waals surface area contributed by atoms with Crippen LogP contribution in [0.2, 0.25) is 0 Å². The molecule has 1 rings (SSSR count). The van der Waals surface area contributed by atoms with Gasteiger partial charge in [0.25, 0.3) is 5.92 Å². The smallest absolute Gasteiger partial charge is 0.303 e. The minimum atomic E-state index is -2.98. The molecule has 0 fully saturated rings. The van der Waals surface area contributed by atoms with Crippen molar-refractivity contribution in [1.82, 2.24) is 0 Å². The molecule has 100 valence electrons. The van der Waals surface area contributed by atoms with Gasteiger partial charge in [-0.25, -0.2) is 8.78 Å². The maximum atomic E-state index is 14.0. The third-order valence-electron chi connectivity index (χ3n) is 2.78. The maximum absolute atomic E-state index is 14.0. The molecule has 0 aliphatic carbocycles. The van der Waals surface area contributed by atoms with Crippen molar-refractivity contribution in [3.63, 3.8) is 0 Å². The van der Waals surface area contributed by atoms with Crippen LogP contribution in [0.5, 0.6) is 0 Å². The van der Waals surface area contributed by atoms with E-state index in [-0.39, 0.29) is 18.4 Å². The number of alkyl halides is 2. The predicted octanol–water partition coefficient (Wildman–Crippen LogP) is 4.41. The lowest BCUT2D eigenvalue weighted by Crippen LogP contribution is -2.16. The van der Waals surface area contributed by atoms with Crippen molar-refractivity contribution in [3.8, 4) is 0 Å². The van der Waals surface area contributed by atoms with Crippen LogP contribution in [0.1, 0.15) is 36.0 Å². The Labute approximate surface area is 113 Å². The molecule has 0 amide bonds. The Morgan fingerprint density at radius 2 is 1.94 bits per heavy atom. The number of carboxylic acid groups (broad SMARTS) is 1. The molecule has 1 aromatic carbocycles. The highest BCUT2D eigenvalue weighted by Crippen LogP contribution is 2.37. The molecule has 2 nitrogen and oxygen atoms in total. The third kappa shape index (κ3) is 3.77. The molecule has 0 spiro atoms. The monoisotopic (exact) mass is 320 g/mol. The maximum Gasteiger partial charge on any atom is 0.303 e. The second-order valence-electron chi connectivity index (χ2n) is 4.37. The van der Waals surface area contributed by atoms with Crippen LogP contribution in [0, 0.1) is 13.8 Å². The quantitative estimate of drug-likeness (QED) is 0.872. The molecular formula is C13H15BrF2O2. The normalized spacial score (nSPS) is 11.6. The molecule has 0 aliphatic rings. The van der Waals surface area contributed by atoms with Crippen LogP contribution >= 0.6 is 15.9 Å². The number of benzene rings is 1. The van der Waals surface area contributed by atoms with Crippen molar-refractivity contribution in [1.29, 1.82) is 0 Å². The number of aryl methyl sites for hydroxylation is 2. The second kappa shape index (κ2) is 5.78. The Bertz CT molecular complexity index is 459. The highest BCUT2D eigenvalue weighted by atomic mass is 79.9. The van der Waals surface area contributed by atoms with E-state index in [0.717, 1.165) is 10.0 Å². The molecule has 5 heteroatoms. The standard InChI is InChI=1S/C13H15BrF2O2/c1-8-7-11(14)9(2)6-10(8)13(15,16)5-3-4-12(17)18/h6-7H,3-5H2,1-2H3,(H,17,18). The summed E-state index contributed by atoms with van der Waals surface area (Å²) in [6, 6.07) is 3.12. The number of carbonyl (C=O) groups is 1. The van der Waals surface area contributed by atoms with Crippen LogP contribution in [0.3, 0.4) is 0 Å². The molecule has 0 bridgehead atoms. The van der Waals surface area contributed by atoms with Crippen molar-refractivity contribution in [2.24, 2.45) is 0 Å². The number of hydrogen-bond acceptors (Lipinski definition) is 1. The minimum Gasteiger partial charge on any atom is -0.481 e. The Morgan fingerprint density at radius 3 is 2.50 bits per heavy atom. The molecule has 0 saturated heterocycles. The molecule has 0 unspecified atom stereocenters. The average Bonchev–Trinajstić information content (AvgIpc) is 2.22. The van der Waals surface area contributed by atoms with Gasteiger partial charge in [-0.05, 0) is 43.5 Å². The molecule has 0 radical (unpaired) electrons. The van der Waals surface area contributed by atoms with Crippen molar-refractivity contribution < 1.29 is 18.7 Å². The van der Waals surface area contributed by atoms with Crippen molar-refractivity contribution in [3.05, 3.63) is 33.3 Å². The highest BCUT2D eigenvalue weighted by Gasteiger charge is 2.33. The summed E-state index contributed by atoms with van der Waals surface area (Å²) in [5.74, 6) is -4.03. The summed E-state index contributed by atoms with van der Waals surface area (Å²) in [5, 5.41) is 8.46. The van der Waals surface area contributed by atoms with Gasteiger partial charge in [-0.3, -0.25) is 4.79 Å². The van der Waals surface area contributed by atoms with Crippen LogP contribution < -0.4 is 0 Å².